The van der Waals surface area contributed by atoms with Gasteiger partial charge >= 0.3 is 0 Å². The van der Waals surface area contributed by atoms with Crippen molar-refractivity contribution in [1.29, 1.82) is 0 Å². The quantitative estimate of drug-likeness (QED) is 0.787. The molecule has 0 aliphatic rings. The van der Waals surface area contributed by atoms with Crippen molar-refractivity contribution in [3.8, 4) is 23.0 Å². The van der Waals surface area contributed by atoms with Crippen LogP contribution >= 0.6 is 0 Å². The third-order valence-corrected chi connectivity index (χ3v) is 2.05. The highest BCUT2D eigenvalue weighted by atomic mass is 16.5. The molecule has 2 N–H and O–H groups in total. The van der Waals surface area contributed by atoms with E-state index in [0.717, 1.165) is 0 Å². The van der Waals surface area contributed by atoms with E-state index in [2.05, 4.69) is 0 Å². The molecular weight excluding hydrogens is 210 g/mol. The maximum Gasteiger partial charge on any atom is 0.165 e. The SMILES string of the molecule is COc1cc(OC)c(OCCN)cc1OC. The van der Waals surface area contributed by atoms with Crippen molar-refractivity contribution in [3.05, 3.63) is 12.1 Å². The number of hydrogen-bond acceptors (Lipinski definition) is 5. The molecule has 1 aromatic rings. The normalized spacial score (nSPS) is 9.75. The molecule has 0 heterocycles. The number of benzene rings is 1. The third-order valence-electron chi connectivity index (χ3n) is 2.05. The molecule has 0 fully saturated rings. The van der Waals surface area contributed by atoms with Gasteiger partial charge in [0.2, 0.25) is 0 Å². The van der Waals surface area contributed by atoms with E-state index < -0.39 is 0 Å². The lowest BCUT2D eigenvalue weighted by Gasteiger charge is -2.14. The number of nitrogens with two attached hydrogens (primary N) is 1. The Bertz CT molecular complexity index is 341. The predicted octanol–water partition coefficient (Wildman–Crippen LogP) is 1.05. The molecule has 5 heteroatoms. The maximum atomic E-state index is 5.43. The van der Waals surface area contributed by atoms with Crippen molar-refractivity contribution in [1.82, 2.24) is 0 Å². The fraction of sp³-hybridized carbons (Fsp3) is 0.455. The van der Waals surface area contributed by atoms with Gasteiger partial charge in [-0.25, -0.2) is 0 Å². The largest absolute Gasteiger partial charge is 0.493 e. The van der Waals surface area contributed by atoms with Crippen molar-refractivity contribution in [2.45, 2.75) is 0 Å². The van der Waals surface area contributed by atoms with Crippen LogP contribution in [-0.4, -0.2) is 34.5 Å². The first kappa shape index (κ1) is 12.4. The molecule has 0 bridgehead atoms. The molecule has 5 nitrogen and oxygen atoms in total. The minimum Gasteiger partial charge on any atom is -0.493 e. The summed E-state index contributed by atoms with van der Waals surface area (Å²) in [6.07, 6.45) is 0. The van der Waals surface area contributed by atoms with Crippen LogP contribution in [0.2, 0.25) is 0 Å². The Morgan fingerprint density at radius 2 is 1.31 bits per heavy atom. The first-order valence-electron chi connectivity index (χ1n) is 4.89. The van der Waals surface area contributed by atoms with Crippen molar-refractivity contribution >= 4 is 0 Å². The fourth-order valence-corrected chi connectivity index (χ4v) is 1.28. The first-order valence-corrected chi connectivity index (χ1v) is 4.89. The van der Waals surface area contributed by atoms with Gasteiger partial charge in [0.25, 0.3) is 0 Å². The summed E-state index contributed by atoms with van der Waals surface area (Å²) in [6, 6.07) is 3.43. The molecule has 0 radical (unpaired) electrons. The summed E-state index contributed by atoms with van der Waals surface area (Å²) in [5.41, 5.74) is 5.37. The molecule has 0 saturated heterocycles. The molecule has 0 aliphatic heterocycles. The summed E-state index contributed by atoms with van der Waals surface area (Å²) >= 11 is 0. The molecule has 0 amide bonds. The number of methoxy groups -OCH3 is 3. The van der Waals surface area contributed by atoms with E-state index in [1.54, 1.807) is 33.5 Å². The molecule has 16 heavy (non-hydrogen) atoms. The van der Waals surface area contributed by atoms with Crippen molar-refractivity contribution < 1.29 is 18.9 Å². The van der Waals surface area contributed by atoms with Crippen LogP contribution in [0.4, 0.5) is 0 Å². The molecule has 0 saturated carbocycles. The van der Waals surface area contributed by atoms with Crippen molar-refractivity contribution in [3.63, 3.8) is 0 Å². The minimum atomic E-state index is 0.422. The van der Waals surface area contributed by atoms with Gasteiger partial charge in [-0.05, 0) is 0 Å². The summed E-state index contributed by atoms with van der Waals surface area (Å²) in [7, 11) is 4.70. The third kappa shape index (κ3) is 2.70. The molecule has 0 spiro atoms. The van der Waals surface area contributed by atoms with Crippen LogP contribution in [0.3, 0.4) is 0 Å². The topological polar surface area (TPSA) is 62.9 Å². The van der Waals surface area contributed by atoms with Crippen LogP contribution in [0.15, 0.2) is 12.1 Å². The van der Waals surface area contributed by atoms with Crippen LogP contribution in [0.5, 0.6) is 23.0 Å². The number of rotatable bonds is 6. The van der Waals surface area contributed by atoms with Crippen molar-refractivity contribution in [2.24, 2.45) is 5.73 Å². The van der Waals surface area contributed by atoms with Gasteiger partial charge in [0.15, 0.2) is 23.0 Å². The van der Waals surface area contributed by atoms with E-state index in [-0.39, 0.29) is 0 Å². The fourth-order valence-electron chi connectivity index (χ4n) is 1.28. The van der Waals surface area contributed by atoms with Crippen LogP contribution in [0, 0.1) is 0 Å². The standard InChI is InChI=1S/C11H17NO4/c1-13-8-6-10(15-3)11(16-5-4-12)7-9(8)14-2/h6-7H,4-5,12H2,1-3H3. The Balaban J connectivity index is 3.05. The van der Waals surface area contributed by atoms with E-state index in [1.807, 2.05) is 0 Å². The van der Waals surface area contributed by atoms with Gasteiger partial charge in [-0.1, -0.05) is 0 Å². The van der Waals surface area contributed by atoms with Crippen LogP contribution in [0.25, 0.3) is 0 Å². The highest BCUT2D eigenvalue weighted by Gasteiger charge is 2.12. The monoisotopic (exact) mass is 227 g/mol. The molecule has 0 aliphatic carbocycles. The maximum absolute atomic E-state index is 5.43. The van der Waals surface area contributed by atoms with E-state index >= 15 is 0 Å². The number of ether oxygens (including phenoxy) is 4. The van der Waals surface area contributed by atoms with Crippen LogP contribution in [-0.2, 0) is 0 Å². The van der Waals surface area contributed by atoms with E-state index in [4.69, 9.17) is 24.7 Å². The van der Waals surface area contributed by atoms with Gasteiger partial charge in [0.1, 0.15) is 6.61 Å². The predicted molar refractivity (Wildman–Crippen MR) is 60.6 cm³/mol. The zero-order chi connectivity index (χ0) is 12.0. The zero-order valence-electron chi connectivity index (χ0n) is 9.78. The molecule has 0 unspecified atom stereocenters. The highest BCUT2D eigenvalue weighted by molar-refractivity contribution is 5.54. The second-order valence-corrected chi connectivity index (χ2v) is 3.00. The van der Waals surface area contributed by atoms with Crippen LogP contribution in [0.1, 0.15) is 0 Å². The Morgan fingerprint density at radius 3 is 1.75 bits per heavy atom. The van der Waals surface area contributed by atoms with E-state index in [1.165, 1.54) is 0 Å². The minimum absolute atomic E-state index is 0.422. The van der Waals surface area contributed by atoms with E-state index in [0.29, 0.717) is 36.1 Å². The second kappa shape index (κ2) is 6.07. The molecule has 90 valence electrons. The average Bonchev–Trinajstić information content (AvgIpc) is 2.35. The van der Waals surface area contributed by atoms with E-state index in [9.17, 15) is 0 Å². The van der Waals surface area contributed by atoms with Crippen molar-refractivity contribution in [2.75, 3.05) is 34.5 Å². The van der Waals surface area contributed by atoms with Gasteiger partial charge < -0.3 is 24.7 Å². The van der Waals surface area contributed by atoms with Gasteiger partial charge in [-0.15, -0.1) is 0 Å². The highest BCUT2D eigenvalue weighted by Crippen LogP contribution is 2.39. The van der Waals surface area contributed by atoms with Gasteiger partial charge in [0, 0.05) is 18.7 Å². The van der Waals surface area contributed by atoms with Gasteiger partial charge in [0.05, 0.1) is 21.3 Å². The molecular formula is C11H17NO4. The average molecular weight is 227 g/mol. The summed E-state index contributed by atoms with van der Waals surface area (Å²) in [5.74, 6) is 2.37. The van der Waals surface area contributed by atoms with Gasteiger partial charge in [-0.2, -0.15) is 0 Å². The number of hydrogen-bond donors (Lipinski definition) is 1. The Labute approximate surface area is 95.1 Å². The summed E-state index contributed by atoms with van der Waals surface area (Å²) in [4.78, 5) is 0. The summed E-state index contributed by atoms with van der Waals surface area (Å²) in [6.45, 7) is 0.864. The lowest BCUT2D eigenvalue weighted by Crippen LogP contribution is -2.11. The zero-order valence-corrected chi connectivity index (χ0v) is 9.78. The lowest BCUT2D eigenvalue weighted by atomic mass is 10.2. The second-order valence-electron chi connectivity index (χ2n) is 3.00. The Morgan fingerprint density at radius 1 is 0.875 bits per heavy atom. The Hall–Kier alpha value is -1.62. The summed E-state index contributed by atoms with van der Waals surface area (Å²) < 4.78 is 20.9. The molecule has 1 rings (SSSR count). The molecule has 0 aromatic heterocycles. The lowest BCUT2D eigenvalue weighted by molar-refractivity contribution is 0.294. The Kier molecular flexibility index (Phi) is 4.72. The first-order chi connectivity index (χ1) is 7.76. The molecule has 0 atom stereocenters. The summed E-state index contributed by atoms with van der Waals surface area (Å²) in [5, 5.41) is 0. The smallest absolute Gasteiger partial charge is 0.165 e. The molecule has 1 aromatic carbocycles. The van der Waals surface area contributed by atoms with Gasteiger partial charge in [-0.3, -0.25) is 0 Å². The van der Waals surface area contributed by atoms with Crippen LogP contribution < -0.4 is 24.7 Å².